The number of esters is 3. The molecule has 0 amide bonds. The van der Waals surface area contributed by atoms with E-state index in [2.05, 4.69) is 45.1 Å². The largest absolute Gasteiger partial charge is 0.462 e. The van der Waals surface area contributed by atoms with Gasteiger partial charge in [0.05, 0.1) is 0 Å². The summed E-state index contributed by atoms with van der Waals surface area (Å²) in [5.41, 5.74) is 0. The highest BCUT2D eigenvalue weighted by molar-refractivity contribution is 5.71. The first-order valence-corrected chi connectivity index (χ1v) is 37.8. The molecular weight excluding hydrogens is 1020 g/mol. The Labute approximate surface area is 519 Å². The van der Waals surface area contributed by atoms with Crippen molar-refractivity contribution < 1.29 is 28.6 Å². The van der Waals surface area contributed by atoms with Gasteiger partial charge in [-0.3, -0.25) is 14.4 Å². The van der Waals surface area contributed by atoms with Crippen LogP contribution in [0.3, 0.4) is 0 Å². The molecule has 0 aromatic heterocycles. The molecule has 0 aromatic carbocycles. The van der Waals surface area contributed by atoms with Crippen molar-refractivity contribution in [2.75, 3.05) is 13.2 Å². The first-order valence-electron chi connectivity index (χ1n) is 37.8. The lowest BCUT2D eigenvalue weighted by atomic mass is 10.0. The summed E-state index contributed by atoms with van der Waals surface area (Å²) >= 11 is 0. The highest BCUT2D eigenvalue weighted by Crippen LogP contribution is 2.19. The quantitative estimate of drug-likeness (QED) is 0.0261. The van der Waals surface area contributed by atoms with Crippen LogP contribution >= 0.6 is 0 Å². The van der Waals surface area contributed by atoms with Crippen LogP contribution in [0.25, 0.3) is 0 Å². The summed E-state index contributed by atoms with van der Waals surface area (Å²) in [4.78, 5) is 38.2. The van der Waals surface area contributed by atoms with Crippen LogP contribution in [0.15, 0.2) is 24.3 Å². The van der Waals surface area contributed by atoms with Gasteiger partial charge in [-0.15, -0.1) is 0 Å². The molecule has 490 valence electrons. The second-order valence-electron chi connectivity index (χ2n) is 25.9. The average Bonchev–Trinajstić information content (AvgIpc) is 3.50. The molecule has 0 aromatic rings. The van der Waals surface area contributed by atoms with Gasteiger partial charge in [0.2, 0.25) is 0 Å². The lowest BCUT2D eigenvalue weighted by Gasteiger charge is -2.18. The summed E-state index contributed by atoms with van der Waals surface area (Å²) in [6, 6.07) is 0. The van der Waals surface area contributed by atoms with Gasteiger partial charge >= 0.3 is 17.9 Å². The van der Waals surface area contributed by atoms with Gasteiger partial charge in [-0.05, 0) is 70.6 Å². The molecule has 0 fully saturated rings. The van der Waals surface area contributed by atoms with E-state index >= 15 is 0 Å². The van der Waals surface area contributed by atoms with E-state index in [9.17, 15) is 14.4 Å². The minimum Gasteiger partial charge on any atom is -0.462 e. The van der Waals surface area contributed by atoms with E-state index in [1.165, 1.54) is 334 Å². The zero-order valence-electron chi connectivity index (χ0n) is 56.5. The molecular formula is C77H146O6. The number of carbonyl (C=O) groups is 3. The lowest BCUT2D eigenvalue weighted by Crippen LogP contribution is -2.30. The van der Waals surface area contributed by atoms with Gasteiger partial charge in [0.15, 0.2) is 6.10 Å². The Morgan fingerprint density at radius 2 is 0.398 bits per heavy atom. The maximum absolute atomic E-state index is 12.9. The standard InChI is InChI=1S/C77H146O6/c1-4-7-10-13-16-18-20-22-24-26-28-30-32-34-36-37-38-39-41-42-44-46-48-50-52-54-56-58-61-64-67-70-76(79)82-73-74(72-81-75(78)69-66-63-60-15-12-9-6-3)83-77(80)71-68-65-62-59-57-55-53-51-49-47-45-43-40-35-33-31-29-27-25-23-21-19-17-14-11-8-5-2/h26-29,74H,4-25,30-73H2,1-3H3/b28-26-,29-27-. The second-order valence-corrected chi connectivity index (χ2v) is 25.9. The second kappa shape index (κ2) is 72.4. The zero-order chi connectivity index (χ0) is 59.9. The van der Waals surface area contributed by atoms with Crippen LogP contribution in [0.1, 0.15) is 432 Å². The number of unbranched alkanes of at least 4 members (excludes halogenated alkanes) is 56. The first kappa shape index (κ1) is 80.9. The molecule has 1 atom stereocenters. The maximum atomic E-state index is 12.9. The molecule has 0 saturated carbocycles. The predicted octanol–water partition coefficient (Wildman–Crippen LogP) is 26.1. The molecule has 6 heteroatoms. The Bertz CT molecular complexity index is 1340. The number of carbonyl (C=O) groups excluding carboxylic acids is 3. The molecule has 0 rings (SSSR count). The molecule has 0 bridgehead atoms. The van der Waals surface area contributed by atoms with Crippen LogP contribution in [0.2, 0.25) is 0 Å². The van der Waals surface area contributed by atoms with Gasteiger partial charge in [-0.1, -0.05) is 366 Å². The van der Waals surface area contributed by atoms with E-state index in [4.69, 9.17) is 14.2 Å². The molecule has 83 heavy (non-hydrogen) atoms. The zero-order valence-corrected chi connectivity index (χ0v) is 56.5. The van der Waals surface area contributed by atoms with Crippen LogP contribution in [0.5, 0.6) is 0 Å². The summed E-state index contributed by atoms with van der Waals surface area (Å²) < 4.78 is 16.9. The molecule has 0 aliphatic rings. The minimum absolute atomic E-state index is 0.0646. The fraction of sp³-hybridized carbons (Fsp3) is 0.909. The van der Waals surface area contributed by atoms with Gasteiger partial charge in [0.25, 0.3) is 0 Å². The Morgan fingerprint density at radius 3 is 0.602 bits per heavy atom. The van der Waals surface area contributed by atoms with Crippen molar-refractivity contribution >= 4 is 17.9 Å². The molecule has 1 unspecified atom stereocenters. The van der Waals surface area contributed by atoms with Crippen LogP contribution in [-0.2, 0) is 28.6 Å². The third-order valence-electron chi connectivity index (χ3n) is 17.4. The summed E-state index contributed by atoms with van der Waals surface area (Å²) in [6.07, 6.45) is 89.8. The Balaban J connectivity index is 3.97. The molecule has 0 N–H and O–H groups in total. The molecule has 0 saturated heterocycles. The van der Waals surface area contributed by atoms with Crippen molar-refractivity contribution in [1.82, 2.24) is 0 Å². The van der Waals surface area contributed by atoms with Crippen LogP contribution < -0.4 is 0 Å². The third-order valence-corrected chi connectivity index (χ3v) is 17.4. The van der Waals surface area contributed by atoms with Crippen molar-refractivity contribution in [3.63, 3.8) is 0 Å². The predicted molar refractivity (Wildman–Crippen MR) is 363 cm³/mol. The van der Waals surface area contributed by atoms with Crippen molar-refractivity contribution in [3.8, 4) is 0 Å². The lowest BCUT2D eigenvalue weighted by molar-refractivity contribution is -0.167. The fourth-order valence-electron chi connectivity index (χ4n) is 11.7. The van der Waals surface area contributed by atoms with E-state index in [-0.39, 0.29) is 31.1 Å². The van der Waals surface area contributed by atoms with E-state index < -0.39 is 6.10 Å². The van der Waals surface area contributed by atoms with Crippen molar-refractivity contribution in [3.05, 3.63) is 24.3 Å². The maximum Gasteiger partial charge on any atom is 0.306 e. The SMILES string of the molecule is CCCCCCCCCC/C=C\CCCCCCCCCCCCCCCCCCCCCC(=O)OCC(COC(=O)CCCCCCCCC)OC(=O)CCCCCCCCCCCCCCCCC/C=C\CCCCCCCCCC. The van der Waals surface area contributed by atoms with E-state index in [0.29, 0.717) is 19.3 Å². The molecule has 0 heterocycles. The summed E-state index contributed by atoms with van der Waals surface area (Å²) in [5.74, 6) is -0.840. The number of rotatable bonds is 71. The molecule has 0 aliphatic carbocycles. The number of ether oxygens (including phenoxy) is 3. The molecule has 0 radical (unpaired) electrons. The van der Waals surface area contributed by atoms with Crippen molar-refractivity contribution in [2.45, 2.75) is 438 Å². The van der Waals surface area contributed by atoms with Gasteiger partial charge in [-0.2, -0.15) is 0 Å². The van der Waals surface area contributed by atoms with Gasteiger partial charge in [0, 0.05) is 19.3 Å². The monoisotopic (exact) mass is 1170 g/mol. The topological polar surface area (TPSA) is 78.9 Å². The minimum atomic E-state index is -0.766. The molecule has 6 nitrogen and oxygen atoms in total. The van der Waals surface area contributed by atoms with Crippen molar-refractivity contribution in [2.24, 2.45) is 0 Å². The smallest absolute Gasteiger partial charge is 0.306 e. The van der Waals surface area contributed by atoms with Gasteiger partial charge in [-0.25, -0.2) is 0 Å². The van der Waals surface area contributed by atoms with Crippen molar-refractivity contribution in [1.29, 1.82) is 0 Å². The Hall–Kier alpha value is -2.11. The Morgan fingerprint density at radius 1 is 0.229 bits per heavy atom. The van der Waals surface area contributed by atoms with Crippen LogP contribution in [0.4, 0.5) is 0 Å². The fourth-order valence-corrected chi connectivity index (χ4v) is 11.7. The van der Waals surface area contributed by atoms with Crippen LogP contribution in [0, 0.1) is 0 Å². The van der Waals surface area contributed by atoms with E-state index in [1.54, 1.807) is 0 Å². The van der Waals surface area contributed by atoms with Gasteiger partial charge < -0.3 is 14.2 Å². The van der Waals surface area contributed by atoms with E-state index in [1.807, 2.05) is 0 Å². The van der Waals surface area contributed by atoms with Gasteiger partial charge in [0.1, 0.15) is 13.2 Å². The van der Waals surface area contributed by atoms with E-state index in [0.717, 1.165) is 57.8 Å². The highest BCUT2D eigenvalue weighted by atomic mass is 16.6. The summed E-state index contributed by atoms with van der Waals surface area (Å²) in [5, 5.41) is 0. The summed E-state index contributed by atoms with van der Waals surface area (Å²) in [6.45, 7) is 6.68. The number of hydrogen-bond donors (Lipinski definition) is 0. The summed E-state index contributed by atoms with van der Waals surface area (Å²) in [7, 11) is 0. The van der Waals surface area contributed by atoms with Crippen LogP contribution in [-0.4, -0.2) is 37.2 Å². The highest BCUT2D eigenvalue weighted by Gasteiger charge is 2.20. The molecule has 0 aliphatic heterocycles. The number of allylic oxidation sites excluding steroid dienone is 4. The average molecular weight is 1170 g/mol. The normalized spacial score (nSPS) is 12.1. The molecule has 0 spiro atoms. The number of hydrogen-bond acceptors (Lipinski definition) is 6. The Kier molecular flexibility index (Phi) is 70.5. The third kappa shape index (κ3) is 70.5. The first-order chi connectivity index (χ1) is 41.0.